The van der Waals surface area contributed by atoms with E-state index in [2.05, 4.69) is 4.98 Å². The quantitative estimate of drug-likeness (QED) is 0.544. The van der Waals surface area contributed by atoms with E-state index in [1.54, 1.807) is 29.6 Å². The molecule has 2 amide bonds. The van der Waals surface area contributed by atoms with Crippen molar-refractivity contribution < 1.29 is 19.5 Å². The molecule has 0 aliphatic carbocycles. The summed E-state index contributed by atoms with van der Waals surface area (Å²) in [6.07, 6.45) is 1.53. The van der Waals surface area contributed by atoms with Crippen LogP contribution < -0.4 is 4.90 Å². The van der Waals surface area contributed by atoms with Gasteiger partial charge in [0.2, 0.25) is 5.91 Å². The van der Waals surface area contributed by atoms with Gasteiger partial charge in [-0.3, -0.25) is 24.2 Å². The number of halogens is 1. The van der Waals surface area contributed by atoms with Gasteiger partial charge in [-0.15, -0.1) is 11.3 Å². The van der Waals surface area contributed by atoms with E-state index in [9.17, 15) is 14.4 Å². The largest absolute Gasteiger partial charge is 0.480 e. The average Bonchev–Trinajstić information content (AvgIpc) is 3.15. The van der Waals surface area contributed by atoms with Crippen molar-refractivity contribution in [3.05, 3.63) is 45.3 Å². The highest BCUT2D eigenvalue weighted by Gasteiger charge is 2.33. The number of rotatable bonds is 5. The molecule has 1 fully saturated rings. The van der Waals surface area contributed by atoms with E-state index >= 15 is 0 Å². The summed E-state index contributed by atoms with van der Waals surface area (Å²) >= 11 is 13.3. The van der Waals surface area contributed by atoms with Crippen molar-refractivity contribution in [3.8, 4) is 0 Å². The smallest absolute Gasteiger partial charge is 0.323 e. The van der Waals surface area contributed by atoms with Gasteiger partial charge in [-0.05, 0) is 24.3 Å². The number of carboxylic acid groups (broad SMARTS) is 1. The van der Waals surface area contributed by atoms with Gasteiger partial charge in [0.05, 0.1) is 16.3 Å². The number of nitrogens with zero attached hydrogens (tertiary/aromatic N) is 3. The molecule has 0 spiro atoms. The van der Waals surface area contributed by atoms with E-state index < -0.39 is 18.4 Å². The first-order chi connectivity index (χ1) is 13.3. The lowest BCUT2D eigenvalue weighted by Gasteiger charge is -2.18. The van der Waals surface area contributed by atoms with Crippen LogP contribution >= 0.6 is 46.9 Å². The number of carbonyl (C=O) groups is 3. The molecular weight excluding hydrogens is 442 g/mol. The van der Waals surface area contributed by atoms with Crippen molar-refractivity contribution in [1.82, 2.24) is 9.88 Å². The van der Waals surface area contributed by atoms with Crippen LogP contribution in [-0.4, -0.2) is 43.6 Å². The van der Waals surface area contributed by atoms with Crippen molar-refractivity contribution in [1.29, 1.82) is 0 Å². The number of anilines is 2. The number of carboxylic acids is 1. The zero-order valence-electron chi connectivity index (χ0n) is 14.3. The summed E-state index contributed by atoms with van der Waals surface area (Å²) in [5, 5.41) is 11.5. The molecule has 0 bridgehead atoms. The van der Waals surface area contributed by atoms with Gasteiger partial charge in [0.25, 0.3) is 5.91 Å². The maximum absolute atomic E-state index is 12.3. The molecule has 1 N–H and O–H groups in total. The molecule has 0 unspecified atom stereocenters. The van der Waals surface area contributed by atoms with Gasteiger partial charge < -0.3 is 5.11 Å². The summed E-state index contributed by atoms with van der Waals surface area (Å²) in [6.45, 7) is 0.927. The number of carbonyl (C=O) groups excluding carboxylic acids is 2. The lowest BCUT2D eigenvalue weighted by atomic mass is 10.3. The van der Waals surface area contributed by atoms with Crippen LogP contribution in [0.25, 0.3) is 6.08 Å². The van der Waals surface area contributed by atoms with Crippen molar-refractivity contribution in [2.45, 2.75) is 6.92 Å². The van der Waals surface area contributed by atoms with Crippen molar-refractivity contribution in [2.24, 2.45) is 0 Å². The molecule has 3 rings (SSSR count). The van der Waals surface area contributed by atoms with E-state index in [1.807, 2.05) is 0 Å². The predicted molar refractivity (Wildman–Crippen MR) is 114 cm³/mol. The Bertz CT molecular complexity index is 1020. The first-order valence-electron chi connectivity index (χ1n) is 7.75. The number of thiocarbonyl (C=S) groups is 1. The fourth-order valence-electron chi connectivity index (χ4n) is 2.39. The van der Waals surface area contributed by atoms with Gasteiger partial charge in [-0.2, -0.15) is 0 Å². The van der Waals surface area contributed by atoms with E-state index in [0.717, 1.165) is 16.7 Å². The second-order valence-corrected chi connectivity index (χ2v) is 8.50. The molecular formula is C17H12ClN3O4S3. The molecule has 1 aromatic carbocycles. The summed E-state index contributed by atoms with van der Waals surface area (Å²) < 4.78 is 0.179. The van der Waals surface area contributed by atoms with Gasteiger partial charge in [0.15, 0.2) is 5.13 Å². The van der Waals surface area contributed by atoms with Crippen LogP contribution in [0, 0.1) is 0 Å². The summed E-state index contributed by atoms with van der Waals surface area (Å²) in [5.41, 5.74) is 1.04. The highest BCUT2D eigenvalue weighted by molar-refractivity contribution is 8.26. The standard InChI is InChI=1S/C17H12ClN3O4S3/c1-9(22)21(12-4-2-3-10(18)5-12)16-19-11(8-27-16)6-13-15(25)20(7-14(23)24)17(26)28-13/h2-6,8H,7H2,1H3,(H,23,24)/b13-6-. The maximum atomic E-state index is 12.3. The molecule has 0 radical (unpaired) electrons. The maximum Gasteiger partial charge on any atom is 0.323 e. The van der Waals surface area contributed by atoms with Crippen LogP contribution in [0.1, 0.15) is 12.6 Å². The van der Waals surface area contributed by atoms with Gasteiger partial charge in [0.1, 0.15) is 10.9 Å². The van der Waals surface area contributed by atoms with Gasteiger partial charge in [-0.25, -0.2) is 4.98 Å². The minimum atomic E-state index is -1.15. The molecule has 1 aliphatic heterocycles. The highest BCUT2D eigenvalue weighted by atomic mass is 35.5. The Balaban J connectivity index is 1.88. The van der Waals surface area contributed by atoms with Crippen LogP contribution in [0.4, 0.5) is 10.8 Å². The number of aromatic nitrogens is 1. The third-order valence-corrected chi connectivity index (χ3v) is 5.99. The fraction of sp³-hybridized carbons (Fsp3) is 0.118. The number of benzene rings is 1. The minimum absolute atomic E-state index is 0.179. The number of amides is 2. The number of hydrogen-bond acceptors (Lipinski definition) is 7. The monoisotopic (exact) mass is 453 g/mol. The SMILES string of the molecule is CC(=O)N(c1cccc(Cl)c1)c1nc(/C=C2\SC(=S)N(CC(=O)O)C2=O)cs1. The zero-order valence-corrected chi connectivity index (χ0v) is 17.5. The van der Waals surface area contributed by atoms with Crippen LogP contribution in [0.5, 0.6) is 0 Å². The average molecular weight is 454 g/mol. The third kappa shape index (κ3) is 4.41. The Morgan fingerprint density at radius 2 is 2.18 bits per heavy atom. The molecule has 0 atom stereocenters. The van der Waals surface area contributed by atoms with E-state index in [4.69, 9.17) is 28.9 Å². The molecule has 7 nitrogen and oxygen atoms in total. The first kappa shape index (κ1) is 20.5. The van der Waals surface area contributed by atoms with E-state index in [0.29, 0.717) is 21.5 Å². The molecule has 2 aromatic rings. The second kappa shape index (κ2) is 8.39. The Morgan fingerprint density at radius 3 is 2.82 bits per heavy atom. The van der Waals surface area contributed by atoms with Crippen LogP contribution in [0.2, 0.25) is 5.02 Å². The Hall–Kier alpha value is -2.27. The highest BCUT2D eigenvalue weighted by Crippen LogP contribution is 2.34. The second-order valence-electron chi connectivity index (χ2n) is 5.55. The van der Waals surface area contributed by atoms with Gasteiger partial charge in [0, 0.05) is 17.3 Å². The number of thioether (sulfide) groups is 1. The summed E-state index contributed by atoms with van der Waals surface area (Å²) in [6, 6.07) is 6.83. The van der Waals surface area contributed by atoms with E-state index in [-0.39, 0.29) is 15.1 Å². The molecule has 0 saturated carbocycles. The number of aliphatic carboxylic acids is 1. The Morgan fingerprint density at radius 1 is 1.43 bits per heavy atom. The first-order valence-corrected chi connectivity index (χ1v) is 10.2. The molecule has 11 heteroatoms. The lowest BCUT2D eigenvalue weighted by Crippen LogP contribution is -2.33. The van der Waals surface area contributed by atoms with Gasteiger partial charge in [-0.1, -0.05) is 41.6 Å². The molecule has 144 valence electrons. The van der Waals surface area contributed by atoms with Crippen molar-refractivity contribution >= 4 is 85.9 Å². The van der Waals surface area contributed by atoms with E-state index in [1.165, 1.54) is 29.2 Å². The summed E-state index contributed by atoms with van der Waals surface area (Å²) in [4.78, 5) is 42.5. The summed E-state index contributed by atoms with van der Waals surface area (Å²) in [5.74, 6) is -1.87. The Kier molecular flexibility index (Phi) is 6.14. The topological polar surface area (TPSA) is 90.8 Å². The van der Waals surface area contributed by atoms with Gasteiger partial charge >= 0.3 is 5.97 Å². The minimum Gasteiger partial charge on any atom is -0.480 e. The predicted octanol–water partition coefficient (Wildman–Crippen LogP) is 3.77. The van der Waals surface area contributed by atoms with Crippen LogP contribution in [0.15, 0.2) is 34.6 Å². The molecule has 1 saturated heterocycles. The molecule has 28 heavy (non-hydrogen) atoms. The molecule has 1 aliphatic rings. The lowest BCUT2D eigenvalue weighted by molar-refractivity contribution is -0.140. The van der Waals surface area contributed by atoms with Crippen molar-refractivity contribution in [3.63, 3.8) is 0 Å². The molecule has 1 aromatic heterocycles. The third-order valence-electron chi connectivity index (χ3n) is 3.53. The normalized spacial score (nSPS) is 15.4. The number of hydrogen-bond donors (Lipinski definition) is 1. The number of thiazole rings is 1. The van der Waals surface area contributed by atoms with Crippen molar-refractivity contribution in [2.75, 3.05) is 11.4 Å². The van der Waals surface area contributed by atoms with Crippen LogP contribution in [0.3, 0.4) is 0 Å². The van der Waals surface area contributed by atoms with Crippen LogP contribution in [-0.2, 0) is 14.4 Å². The Labute approximate surface area is 178 Å². The fourth-order valence-corrected chi connectivity index (χ4v) is 4.66. The summed E-state index contributed by atoms with van der Waals surface area (Å²) in [7, 11) is 0. The zero-order chi connectivity index (χ0) is 20.4. The molecule has 2 heterocycles.